The smallest absolute Gasteiger partial charge is 0.401 e. The zero-order valence-electron chi connectivity index (χ0n) is 17.1. The fraction of sp³-hybridized carbons (Fsp3) is 0.650. The van der Waals surface area contributed by atoms with Crippen LogP contribution < -0.4 is 20.1 Å². The van der Waals surface area contributed by atoms with E-state index in [4.69, 9.17) is 9.47 Å². The van der Waals surface area contributed by atoms with Crippen LogP contribution >= 0.6 is 0 Å². The molecule has 0 spiro atoms. The van der Waals surface area contributed by atoms with Crippen molar-refractivity contribution in [3.8, 4) is 11.5 Å². The van der Waals surface area contributed by atoms with Crippen molar-refractivity contribution in [3.63, 3.8) is 0 Å². The molecule has 2 heterocycles. The van der Waals surface area contributed by atoms with Gasteiger partial charge in [0.25, 0.3) is 0 Å². The van der Waals surface area contributed by atoms with E-state index < -0.39 is 12.7 Å². The lowest BCUT2D eigenvalue weighted by molar-refractivity contribution is -0.143. The average Bonchev–Trinajstić information content (AvgIpc) is 3.21. The van der Waals surface area contributed by atoms with Crippen molar-refractivity contribution < 1.29 is 22.6 Å². The highest BCUT2D eigenvalue weighted by molar-refractivity contribution is 5.80. The largest absolute Gasteiger partial charge is 0.494 e. The summed E-state index contributed by atoms with van der Waals surface area (Å²) in [6, 6.07) is 3.95. The molecule has 0 saturated carbocycles. The Bertz CT molecular complexity index is 739. The SMILES string of the molecule is CCOc1cc2c(cc1CNC(=NC)NC1CCN(CC(F)(F)F)C1)OC(C)C2. The molecule has 9 heteroatoms. The van der Waals surface area contributed by atoms with Crippen LogP contribution in [0.5, 0.6) is 11.5 Å². The summed E-state index contributed by atoms with van der Waals surface area (Å²) in [5.41, 5.74) is 2.09. The molecule has 1 aromatic carbocycles. The molecule has 29 heavy (non-hydrogen) atoms. The summed E-state index contributed by atoms with van der Waals surface area (Å²) in [6.45, 7) is 4.90. The molecule has 1 saturated heterocycles. The minimum Gasteiger partial charge on any atom is -0.494 e. The van der Waals surface area contributed by atoms with E-state index in [1.54, 1.807) is 7.05 Å². The van der Waals surface area contributed by atoms with Crippen molar-refractivity contribution in [2.75, 3.05) is 33.3 Å². The van der Waals surface area contributed by atoms with Crippen LogP contribution in [0.2, 0.25) is 0 Å². The summed E-state index contributed by atoms with van der Waals surface area (Å²) in [4.78, 5) is 5.62. The standard InChI is InChI=1S/C20H29F3N4O2/c1-4-28-17-8-14-7-13(2)29-18(14)9-15(17)10-25-19(24-3)26-16-5-6-27(11-16)12-20(21,22)23/h8-9,13,16H,4-7,10-12H2,1-3H3,(H2,24,25,26). The van der Waals surface area contributed by atoms with Crippen molar-refractivity contribution in [1.29, 1.82) is 0 Å². The van der Waals surface area contributed by atoms with Gasteiger partial charge in [-0.05, 0) is 32.4 Å². The molecule has 0 bridgehead atoms. The normalized spacial score (nSPS) is 22.3. The van der Waals surface area contributed by atoms with E-state index in [0.717, 1.165) is 29.0 Å². The number of benzene rings is 1. The van der Waals surface area contributed by atoms with Crippen LogP contribution in [0.3, 0.4) is 0 Å². The van der Waals surface area contributed by atoms with Crippen LogP contribution in [0.1, 0.15) is 31.4 Å². The van der Waals surface area contributed by atoms with E-state index in [0.29, 0.717) is 38.6 Å². The lowest BCUT2D eigenvalue weighted by Gasteiger charge is -2.20. The van der Waals surface area contributed by atoms with Crippen LogP contribution in [0.15, 0.2) is 17.1 Å². The highest BCUT2D eigenvalue weighted by atomic mass is 19.4. The molecule has 2 aliphatic rings. The van der Waals surface area contributed by atoms with Crippen LogP contribution in [0.4, 0.5) is 13.2 Å². The summed E-state index contributed by atoms with van der Waals surface area (Å²) in [6.07, 6.45) is -2.51. The number of ether oxygens (including phenoxy) is 2. The van der Waals surface area contributed by atoms with Crippen molar-refractivity contribution >= 4 is 5.96 Å². The third kappa shape index (κ3) is 5.91. The zero-order chi connectivity index (χ0) is 21.0. The van der Waals surface area contributed by atoms with Gasteiger partial charge in [-0.2, -0.15) is 13.2 Å². The van der Waals surface area contributed by atoms with E-state index in [-0.39, 0.29) is 12.1 Å². The number of nitrogens with zero attached hydrogens (tertiary/aromatic N) is 2. The number of hydrogen-bond acceptors (Lipinski definition) is 4. The Balaban J connectivity index is 1.58. The first-order chi connectivity index (χ1) is 13.8. The molecule has 0 aliphatic carbocycles. The lowest BCUT2D eigenvalue weighted by Crippen LogP contribution is -2.44. The van der Waals surface area contributed by atoms with Gasteiger partial charge in [-0.1, -0.05) is 0 Å². The number of hydrogen-bond donors (Lipinski definition) is 2. The minimum absolute atomic E-state index is 0.0703. The maximum Gasteiger partial charge on any atom is 0.401 e. The molecular weight excluding hydrogens is 385 g/mol. The molecule has 1 fully saturated rings. The molecular formula is C20H29F3N4O2. The van der Waals surface area contributed by atoms with Crippen LogP contribution in [-0.2, 0) is 13.0 Å². The Morgan fingerprint density at radius 3 is 2.86 bits per heavy atom. The van der Waals surface area contributed by atoms with E-state index >= 15 is 0 Å². The zero-order valence-corrected chi connectivity index (χ0v) is 17.1. The second kappa shape index (κ2) is 9.11. The maximum atomic E-state index is 12.6. The topological polar surface area (TPSA) is 58.1 Å². The van der Waals surface area contributed by atoms with Gasteiger partial charge in [0.1, 0.15) is 17.6 Å². The predicted octanol–water partition coefficient (Wildman–Crippen LogP) is 2.71. The number of aliphatic imine (C=N–C) groups is 1. The number of alkyl halides is 3. The second-order valence-electron chi connectivity index (χ2n) is 7.54. The molecule has 2 N–H and O–H groups in total. The number of nitrogens with one attached hydrogen (secondary N) is 2. The summed E-state index contributed by atoms with van der Waals surface area (Å²) in [7, 11) is 1.65. The Morgan fingerprint density at radius 1 is 1.38 bits per heavy atom. The Labute approximate surface area is 169 Å². The first-order valence-corrected chi connectivity index (χ1v) is 9.99. The Morgan fingerprint density at radius 2 is 2.17 bits per heavy atom. The molecule has 0 aromatic heterocycles. The second-order valence-corrected chi connectivity index (χ2v) is 7.54. The number of fused-ring (bicyclic) bond motifs is 1. The number of likely N-dealkylation sites (tertiary alicyclic amines) is 1. The molecule has 3 rings (SSSR count). The predicted molar refractivity (Wildman–Crippen MR) is 106 cm³/mol. The van der Waals surface area contributed by atoms with Crippen molar-refractivity contribution in [3.05, 3.63) is 23.3 Å². The van der Waals surface area contributed by atoms with Gasteiger partial charge in [0.15, 0.2) is 5.96 Å². The van der Waals surface area contributed by atoms with Gasteiger partial charge in [0.05, 0.1) is 13.2 Å². The van der Waals surface area contributed by atoms with Crippen molar-refractivity contribution in [2.24, 2.45) is 4.99 Å². The van der Waals surface area contributed by atoms with E-state index in [9.17, 15) is 13.2 Å². The molecule has 0 radical (unpaired) electrons. The minimum atomic E-state index is -4.17. The van der Waals surface area contributed by atoms with Gasteiger partial charge < -0.3 is 20.1 Å². The van der Waals surface area contributed by atoms with Gasteiger partial charge in [0, 0.05) is 50.3 Å². The van der Waals surface area contributed by atoms with Crippen molar-refractivity contribution in [2.45, 2.75) is 51.6 Å². The first kappa shape index (κ1) is 21.5. The van der Waals surface area contributed by atoms with E-state index in [2.05, 4.69) is 15.6 Å². The van der Waals surface area contributed by atoms with Gasteiger partial charge >= 0.3 is 6.18 Å². The maximum absolute atomic E-state index is 12.6. The van der Waals surface area contributed by atoms with E-state index in [1.165, 1.54) is 4.90 Å². The summed E-state index contributed by atoms with van der Waals surface area (Å²) in [5.74, 6) is 2.24. The van der Waals surface area contributed by atoms with Crippen LogP contribution in [0.25, 0.3) is 0 Å². The fourth-order valence-corrected chi connectivity index (χ4v) is 3.82. The molecule has 6 nitrogen and oxygen atoms in total. The quantitative estimate of drug-likeness (QED) is 0.554. The highest BCUT2D eigenvalue weighted by Gasteiger charge is 2.34. The van der Waals surface area contributed by atoms with Gasteiger partial charge in [-0.25, -0.2) is 0 Å². The third-order valence-electron chi connectivity index (χ3n) is 5.06. The highest BCUT2D eigenvalue weighted by Crippen LogP contribution is 2.35. The van der Waals surface area contributed by atoms with Crippen molar-refractivity contribution in [1.82, 2.24) is 15.5 Å². The van der Waals surface area contributed by atoms with Crippen LogP contribution in [0, 0.1) is 0 Å². The average molecular weight is 414 g/mol. The van der Waals surface area contributed by atoms with Gasteiger partial charge in [-0.15, -0.1) is 0 Å². The number of rotatable bonds is 6. The summed E-state index contributed by atoms with van der Waals surface area (Å²) >= 11 is 0. The molecule has 2 atom stereocenters. The first-order valence-electron chi connectivity index (χ1n) is 9.99. The Hall–Kier alpha value is -2.16. The van der Waals surface area contributed by atoms with Crippen LogP contribution in [-0.4, -0.2) is 62.5 Å². The van der Waals surface area contributed by atoms with E-state index in [1.807, 2.05) is 26.0 Å². The monoisotopic (exact) mass is 414 g/mol. The molecule has 2 aliphatic heterocycles. The van der Waals surface area contributed by atoms with Gasteiger partial charge in [0.2, 0.25) is 0 Å². The molecule has 2 unspecified atom stereocenters. The molecule has 0 amide bonds. The number of guanidine groups is 1. The van der Waals surface area contributed by atoms with Gasteiger partial charge in [-0.3, -0.25) is 9.89 Å². The summed E-state index contributed by atoms with van der Waals surface area (Å²) < 4.78 is 49.3. The fourth-order valence-electron chi connectivity index (χ4n) is 3.82. The summed E-state index contributed by atoms with van der Waals surface area (Å²) in [5, 5.41) is 6.46. The number of halogens is 3. The molecule has 162 valence electrons. The Kier molecular flexibility index (Phi) is 6.77. The third-order valence-corrected chi connectivity index (χ3v) is 5.06. The lowest BCUT2D eigenvalue weighted by atomic mass is 10.1. The molecule has 1 aromatic rings.